The summed E-state index contributed by atoms with van der Waals surface area (Å²) in [6.07, 6.45) is 0. The summed E-state index contributed by atoms with van der Waals surface area (Å²) in [5.74, 6) is -1.14. The van der Waals surface area contributed by atoms with Crippen LogP contribution in [0.2, 0.25) is 0 Å². The normalized spacial score (nSPS) is 9.95. The van der Waals surface area contributed by atoms with E-state index in [4.69, 9.17) is 5.11 Å². The number of rotatable bonds is 4. The molecule has 0 aromatic heterocycles. The monoisotopic (exact) mass is 281 g/mol. The Kier molecular flexibility index (Phi) is 4.63. The Bertz CT molecular complexity index is 570. The molecule has 0 saturated heterocycles. The topological polar surface area (TPSA) is 113 Å². The van der Waals surface area contributed by atoms with Gasteiger partial charge in [0.2, 0.25) is 0 Å². The number of carbonyl (C=O) groups is 2. The number of nitrogens with one attached hydrogen (secondary N) is 1. The second kappa shape index (κ2) is 6.00. The third-order valence-corrected chi connectivity index (χ3v) is 2.70. The van der Waals surface area contributed by atoms with Crippen molar-refractivity contribution in [3.63, 3.8) is 0 Å². The Morgan fingerprint density at radius 2 is 1.95 bits per heavy atom. The summed E-state index contributed by atoms with van der Waals surface area (Å²) in [5.41, 5.74) is 1.32. The Balaban J connectivity index is 2.97. The highest BCUT2D eigenvalue weighted by Gasteiger charge is 2.17. The number of hydrogen-bond acceptors (Lipinski definition) is 4. The van der Waals surface area contributed by atoms with Crippen LogP contribution in [-0.4, -0.2) is 40.5 Å². The zero-order valence-corrected chi connectivity index (χ0v) is 11.3. The molecule has 0 unspecified atom stereocenters. The minimum absolute atomic E-state index is 0.105. The van der Waals surface area contributed by atoms with Crippen molar-refractivity contribution in [2.24, 2.45) is 0 Å². The summed E-state index contributed by atoms with van der Waals surface area (Å²) >= 11 is 0. The van der Waals surface area contributed by atoms with E-state index < -0.39 is 23.5 Å². The number of hydrogen-bond donors (Lipinski definition) is 2. The van der Waals surface area contributed by atoms with Crippen LogP contribution in [0.15, 0.2) is 12.1 Å². The van der Waals surface area contributed by atoms with Gasteiger partial charge in [0.15, 0.2) is 0 Å². The zero-order chi connectivity index (χ0) is 15.4. The number of nitro groups is 1. The number of carbonyl (C=O) groups excluding carboxylic acids is 1. The summed E-state index contributed by atoms with van der Waals surface area (Å²) in [4.78, 5) is 33.5. The Morgan fingerprint density at radius 3 is 2.45 bits per heavy atom. The van der Waals surface area contributed by atoms with Crippen LogP contribution in [0.4, 0.5) is 16.2 Å². The molecule has 0 saturated carbocycles. The van der Waals surface area contributed by atoms with Crippen molar-refractivity contribution in [3.8, 4) is 0 Å². The first-order valence-electron chi connectivity index (χ1n) is 5.72. The van der Waals surface area contributed by atoms with Gasteiger partial charge in [0.05, 0.1) is 10.6 Å². The maximum Gasteiger partial charge on any atom is 0.323 e. The first-order chi connectivity index (χ1) is 9.22. The van der Waals surface area contributed by atoms with E-state index in [9.17, 15) is 19.7 Å². The Labute approximate surface area is 115 Å². The number of benzene rings is 1. The van der Waals surface area contributed by atoms with Gasteiger partial charge in [-0.2, -0.15) is 0 Å². The van der Waals surface area contributed by atoms with Crippen molar-refractivity contribution in [3.05, 3.63) is 33.4 Å². The van der Waals surface area contributed by atoms with Gasteiger partial charge in [0.25, 0.3) is 5.69 Å². The molecule has 0 heterocycles. The fraction of sp³-hybridized carbons (Fsp3) is 0.333. The van der Waals surface area contributed by atoms with Crippen LogP contribution < -0.4 is 5.32 Å². The molecule has 1 aromatic rings. The van der Waals surface area contributed by atoms with E-state index in [0.717, 1.165) is 4.90 Å². The maximum absolute atomic E-state index is 11.7. The molecule has 108 valence electrons. The molecule has 0 aliphatic heterocycles. The average molecular weight is 281 g/mol. The Morgan fingerprint density at radius 1 is 1.35 bits per heavy atom. The molecule has 0 aliphatic rings. The fourth-order valence-electron chi connectivity index (χ4n) is 1.66. The van der Waals surface area contributed by atoms with Gasteiger partial charge in [-0.1, -0.05) is 0 Å². The molecule has 2 amide bonds. The number of urea groups is 1. The fourth-order valence-corrected chi connectivity index (χ4v) is 1.66. The van der Waals surface area contributed by atoms with E-state index in [1.807, 2.05) is 0 Å². The van der Waals surface area contributed by atoms with Crippen LogP contribution >= 0.6 is 0 Å². The highest BCUT2D eigenvalue weighted by molar-refractivity contribution is 5.92. The Hall–Kier alpha value is -2.64. The molecular formula is C12H15N3O5. The molecule has 1 aromatic carbocycles. The van der Waals surface area contributed by atoms with E-state index >= 15 is 0 Å². The number of carboxylic acid groups (broad SMARTS) is 1. The van der Waals surface area contributed by atoms with Gasteiger partial charge in [-0.3, -0.25) is 14.9 Å². The molecule has 0 spiro atoms. The second-order valence-corrected chi connectivity index (χ2v) is 4.39. The summed E-state index contributed by atoms with van der Waals surface area (Å²) in [6.45, 7) is 2.84. The summed E-state index contributed by atoms with van der Waals surface area (Å²) in [5, 5.41) is 21.9. The van der Waals surface area contributed by atoms with Crippen LogP contribution in [-0.2, 0) is 4.79 Å². The number of amides is 2. The van der Waals surface area contributed by atoms with Crippen LogP contribution in [0, 0.1) is 24.0 Å². The molecule has 0 aliphatic carbocycles. The molecule has 2 N–H and O–H groups in total. The number of nitro benzene ring substituents is 1. The minimum Gasteiger partial charge on any atom is -0.480 e. The van der Waals surface area contributed by atoms with Gasteiger partial charge >= 0.3 is 12.0 Å². The standard InChI is InChI=1S/C12H15N3O5/c1-7-4-8(2)10(15(19)20)5-9(7)13-12(18)14(3)6-11(16)17/h4-5H,6H2,1-3H3,(H,13,18)(H,16,17). The molecule has 8 heteroatoms. The highest BCUT2D eigenvalue weighted by Crippen LogP contribution is 2.26. The van der Waals surface area contributed by atoms with E-state index in [0.29, 0.717) is 11.1 Å². The first kappa shape index (κ1) is 15.4. The summed E-state index contributed by atoms with van der Waals surface area (Å²) in [6, 6.07) is 2.20. The van der Waals surface area contributed by atoms with Crippen molar-refractivity contribution < 1.29 is 19.6 Å². The van der Waals surface area contributed by atoms with Crippen molar-refractivity contribution in [2.45, 2.75) is 13.8 Å². The highest BCUT2D eigenvalue weighted by atomic mass is 16.6. The maximum atomic E-state index is 11.7. The number of aryl methyl sites for hydroxylation is 2. The number of anilines is 1. The number of nitrogens with zero attached hydrogens (tertiary/aromatic N) is 2. The average Bonchev–Trinajstić information content (AvgIpc) is 2.30. The van der Waals surface area contributed by atoms with Crippen LogP contribution in [0.3, 0.4) is 0 Å². The lowest BCUT2D eigenvalue weighted by Crippen LogP contribution is -2.35. The number of aliphatic carboxylic acids is 1. The predicted octanol–water partition coefficient (Wildman–Crippen LogP) is 1.76. The van der Waals surface area contributed by atoms with Gasteiger partial charge in [-0.25, -0.2) is 4.79 Å². The lowest BCUT2D eigenvalue weighted by molar-refractivity contribution is -0.385. The summed E-state index contributed by atoms with van der Waals surface area (Å²) in [7, 11) is 1.32. The molecule has 0 radical (unpaired) electrons. The van der Waals surface area contributed by atoms with E-state index in [1.165, 1.54) is 13.1 Å². The summed E-state index contributed by atoms with van der Waals surface area (Å²) < 4.78 is 0. The third-order valence-electron chi connectivity index (χ3n) is 2.70. The van der Waals surface area contributed by atoms with Crippen molar-refractivity contribution >= 4 is 23.4 Å². The zero-order valence-electron chi connectivity index (χ0n) is 11.3. The first-order valence-corrected chi connectivity index (χ1v) is 5.72. The molecule has 20 heavy (non-hydrogen) atoms. The second-order valence-electron chi connectivity index (χ2n) is 4.39. The molecular weight excluding hydrogens is 266 g/mol. The lowest BCUT2D eigenvalue weighted by Gasteiger charge is -2.17. The molecule has 8 nitrogen and oxygen atoms in total. The quantitative estimate of drug-likeness (QED) is 0.645. The number of carboxylic acids is 1. The molecule has 1 rings (SSSR count). The van der Waals surface area contributed by atoms with Gasteiger partial charge in [-0.15, -0.1) is 0 Å². The van der Waals surface area contributed by atoms with Crippen molar-refractivity contribution in [1.29, 1.82) is 0 Å². The van der Waals surface area contributed by atoms with Gasteiger partial charge in [0.1, 0.15) is 6.54 Å². The molecule has 0 bridgehead atoms. The number of likely N-dealkylation sites (N-methyl/N-ethyl adjacent to an activating group) is 1. The van der Waals surface area contributed by atoms with Gasteiger partial charge < -0.3 is 15.3 Å². The van der Waals surface area contributed by atoms with Crippen LogP contribution in [0.1, 0.15) is 11.1 Å². The smallest absolute Gasteiger partial charge is 0.323 e. The van der Waals surface area contributed by atoms with E-state index in [2.05, 4.69) is 5.32 Å². The van der Waals surface area contributed by atoms with Crippen LogP contribution in [0.5, 0.6) is 0 Å². The van der Waals surface area contributed by atoms with Crippen molar-refractivity contribution in [2.75, 3.05) is 18.9 Å². The van der Waals surface area contributed by atoms with Gasteiger partial charge in [0, 0.05) is 18.7 Å². The van der Waals surface area contributed by atoms with Crippen LogP contribution in [0.25, 0.3) is 0 Å². The molecule has 0 atom stereocenters. The molecule has 0 fully saturated rings. The van der Waals surface area contributed by atoms with E-state index in [-0.39, 0.29) is 11.4 Å². The predicted molar refractivity (Wildman–Crippen MR) is 71.9 cm³/mol. The third kappa shape index (κ3) is 3.67. The van der Waals surface area contributed by atoms with Gasteiger partial charge in [-0.05, 0) is 25.5 Å². The van der Waals surface area contributed by atoms with Crippen molar-refractivity contribution in [1.82, 2.24) is 4.90 Å². The van der Waals surface area contributed by atoms with E-state index in [1.54, 1.807) is 19.9 Å². The largest absolute Gasteiger partial charge is 0.480 e. The SMILES string of the molecule is Cc1cc(C)c([N+](=O)[O-])cc1NC(=O)N(C)CC(=O)O. The minimum atomic E-state index is -1.14. The lowest BCUT2D eigenvalue weighted by atomic mass is 10.1.